The maximum atomic E-state index is 13.3. The molecule has 1 aromatic carbocycles. The maximum absolute atomic E-state index is 13.3. The van der Waals surface area contributed by atoms with Gasteiger partial charge in [-0.05, 0) is 5.92 Å². The molecule has 0 aliphatic carbocycles. The Morgan fingerprint density at radius 1 is 0.895 bits per heavy atom. The van der Waals surface area contributed by atoms with E-state index in [0.717, 1.165) is 0 Å². The van der Waals surface area contributed by atoms with E-state index in [1.807, 2.05) is 0 Å². The van der Waals surface area contributed by atoms with Crippen LogP contribution in [0.25, 0.3) is 0 Å². The van der Waals surface area contributed by atoms with Crippen LogP contribution < -0.4 is 4.72 Å². The lowest BCUT2D eigenvalue weighted by atomic mass is 10.2. The molecular formula is C10H10F5NO2S. The first-order valence-electron chi connectivity index (χ1n) is 5.10. The minimum Gasteiger partial charge on any atom is -0.211 e. The topological polar surface area (TPSA) is 46.2 Å². The Kier molecular flexibility index (Phi) is 4.51. The normalized spacial score (nSPS) is 12.2. The molecule has 0 aliphatic heterocycles. The number of sulfonamides is 1. The second-order valence-electron chi connectivity index (χ2n) is 4.14. The van der Waals surface area contributed by atoms with Crippen molar-refractivity contribution in [1.82, 2.24) is 4.72 Å². The predicted molar refractivity (Wildman–Crippen MR) is 56.3 cm³/mol. The van der Waals surface area contributed by atoms with E-state index in [1.54, 1.807) is 18.6 Å². The molecule has 108 valence electrons. The van der Waals surface area contributed by atoms with Gasteiger partial charge in [0.05, 0.1) is 0 Å². The van der Waals surface area contributed by atoms with Crippen molar-refractivity contribution in [2.45, 2.75) is 18.7 Å². The van der Waals surface area contributed by atoms with Gasteiger partial charge in [-0.25, -0.2) is 35.1 Å². The molecule has 0 aliphatic rings. The van der Waals surface area contributed by atoms with Crippen LogP contribution in [-0.4, -0.2) is 15.0 Å². The number of benzene rings is 1. The SMILES string of the molecule is CC(C)CNS(=O)(=O)c1c(F)c(F)c(F)c(F)c1F. The summed E-state index contributed by atoms with van der Waals surface area (Å²) in [6.45, 7) is 2.99. The van der Waals surface area contributed by atoms with E-state index in [2.05, 4.69) is 0 Å². The van der Waals surface area contributed by atoms with Crippen LogP contribution in [0.4, 0.5) is 22.0 Å². The fourth-order valence-corrected chi connectivity index (χ4v) is 2.52. The summed E-state index contributed by atoms with van der Waals surface area (Å²) in [6, 6.07) is 0. The van der Waals surface area contributed by atoms with E-state index >= 15 is 0 Å². The molecule has 1 aromatic rings. The van der Waals surface area contributed by atoms with Gasteiger partial charge in [-0.3, -0.25) is 0 Å². The van der Waals surface area contributed by atoms with Crippen molar-refractivity contribution in [3.8, 4) is 0 Å². The molecule has 1 rings (SSSR count). The van der Waals surface area contributed by atoms with Crippen molar-refractivity contribution >= 4 is 10.0 Å². The van der Waals surface area contributed by atoms with Gasteiger partial charge in [-0.1, -0.05) is 13.8 Å². The first-order valence-corrected chi connectivity index (χ1v) is 6.59. The van der Waals surface area contributed by atoms with Gasteiger partial charge in [0.15, 0.2) is 28.2 Å². The van der Waals surface area contributed by atoms with Crippen molar-refractivity contribution in [1.29, 1.82) is 0 Å². The Hall–Kier alpha value is -1.22. The molecular weight excluding hydrogens is 293 g/mol. The number of rotatable bonds is 4. The van der Waals surface area contributed by atoms with E-state index in [9.17, 15) is 30.4 Å². The largest absolute Gasteiger partial charge is 0.246 e. The summed E-state index contributed by atoms with van der Waals surface area (Å²) >= 11 is 0. The zero-order valence-corrected chi connectivity index (χ0v) is 10.7. The summed E-state index contributed by atoms with van der Waals surface area (Å²) < 4.78 is 89.9. The second-order valence-corrected chi connectivity index (χ2v) is 5.85. The lowest BCUT2D eigenvalue weighted by molar-refractivity contribution is 0.357. The van der Waals surface area contributed by atoms with Crippen molar-refractivity contribution in [2.24, 2.45) is 5.92 Å². The summed E-state index contributed by atoms with van der Waals surface area (Å²) in [5, 5.41) is 0. The molecule has 0 aromatic heterocycles. The Bertz CT molecular complexity index is 571. The van der Waals surface area contributed by atoms with Gasteiger partial charge < -0.3 is 0 Å². The summed E-state index contributed by atoms with van der Waals surface area (Å²) in [7, 11) is -4.83. The van der Waals surface area contributed by atoms with Crippen molar-refractivity contribution in [3.63, 3.8) is 0 Å². The molecule has 0 amide bonds. The quantitative estimate of drug-likeness (QED) is 0.527. The molecule has 0 radical (unpaired) electrons. The van der Waals surface area contributed by atoms with Gasteiger partial charge in [0, 0.05) is 6.54 Å². The Labute approximate surface area is 106 Å². The molecule has 0 bridgehead atoms. The van der Waals surface area contributed by atoms with Crippen LogP contribution in [0.15, 0.2) is 4.90 Å². The maximum Gasteiger partial charge on any atom is 0.246 e. The minimum atomic E-state index is -4.83. The molecule has 9 heteroatoms. The number of hydrogen-bond donors (Lipinski definition) is 1. The van der Waals surface area contributed by atoms with Gasteiger partial charge >= 0.3 is 0 Å². The molecule has 0 atom stereocenters. The van der Waals surface area contributed by atoms with Gasteiger partial charge in [-0.2, -0.15) is 0 Å². The van der Waals surface area contributed by atoms with Gasteiger partial charge in [-0.15, -0.1) is 0 Å². The smallest absolute Gasteiger partial charge is 0.211 e. The summed E-state index contributed by atoms with van der Waals surface area (Å²) in [4.78, 5) is -1.87. The van der Waals surface area contributed by atoms with E-state index in [4.69, 9.17) is 0 Å². The molecule has 0 heterocycles. The van der Waals surface area contributed by atoms with Crippen LogP contribution in [0.3, 0.4) is 0 Å². The van der Waals surface area contributed by atoms with Gasteiger partial charge in [0.1, 0.15) is 0 Å². The third-order valence-corrected chi connectivity index (χ3v) is 3.56. The number of nitrogens with one attached hydrogen (secondary N) is 1. The van der Waals surface area contributed by atoms with Gasteiger partial charge in [0.2, 0.25) is 15.8 Å². The van der Waals surface area contributed by atoms with Crippen LogP contribution in [0.2, 0.25) is 0 Å². The number of halogens is 5. The summed E-state index contributed by atoms with van der Waals surface area (Å²) in [5.41, 5.74) is 0. The lowest BCUT2D eigenvalue weighted by Crippen LogP contribution is -2.30. The highest BCUT2D eigenvalue weighted by molar-refractivity contribution is 7.89. The van der Waals surface area contributed by atoms with E-state index in [0.29, 0.717) is 0 Å². The van der Waals surface area contributed by atoms with E-state index in [-0.39, 0.29) is 12.5 Å². The third kappa shape index (κ3) is 3.03. The average Bonchev–Trinajstić information content (AvgIpc) is 2.31. The molecule has 0 spiro atoms. The van der Waals surface area contributed by atoms with E-state index in [1.165, 1.54) is 0 Å². The monoisotopic (exact) mass is 303 g/mol. The van der Waals surface area contributed by atoms with Crippen molar-refractivity contribution < 1.29 is 30.4 Å². The van der Waals surface area contributed by atoms with E-state index < -0.39 is 44.0 Å². The molecule has 0 fully saturated rings. The van der Waals surface area contributed by atoms with Crippen LogP contribution in [-0.2, 0) is 10.0 Å². The molecule has 0 saturated heterocycles. The minimum absolute atomic E-state index is 0.207. The second kappa shape index (κ2) is 5.41. The highest BCUT2D eigenvalue weighted by atomic mass is 32.2. The van der Waals surface area contributed by atoms with Crippen LogP contribution in [0.1, 0.15) is 13.8 Å². The first kappa shape index (κ1) is 15.8. The average molecular weight is 303 g/mol. The Balaban J connectivity index is 3.43. The van der Waals surface area contributed by atoms with Crippen LogP contribution >= 0.6 is 0 Å². The lowest BCUT2D eigenvalue weighted by Gasteiger charge is -2.11. The Morgan fingerprint density at radius 2 is 1.26 bits per heavy atom. The Morgan fingerprint density at radius 3 is 1.63 bits per heavy atom. The van der Waals surface area contributed by atoms with Gasteiger partial charge in [0.25, 0.3) is 0 Å². The molecule has 3 nitrogen and oxygen atoms in total. The highest BCUT2D eigenvalue weighted by Crippen LogP contribution is 2.26. The van der Waals surface area contributed by atoms with Crippen LogP contribution in [0, 0.1) is 35.0 Å². The van der Waals surface area contributed by atoms with Crippen molar-refractivity contribution in [3.05, 3.63) is 29.1 Å². The summed E-state index contributed by atoms with van der Waals surface area (Å²) in [6.07, 6.45) is 0. The number of hydrogen-bond acceptors (Lipinski definition) is 2. The fourth-order valence-electron chi connectivity index (χ4n) is 1.17. The summed E-state index contributed by atoms with van der Waals surface area (Å²) in [5.74, 6) is -12.0. The predicted octanol–water partition coefficient (Wildman–Crippen LogP) is 2.32. The molecule has 19 heavy (non-hydrogen) atoms. The molecule has 0 saturated carbocycles. The molecule has 1 N–H and O–H groups in total. The standard InChI is InChI=1S/C10H10F5NO2S/c1-4(2)3-16-19(17,18)10-8(14)6(12)5(11)7(13)9(10)15/h4,16H,3H2,1-2H3. The van der Waals surface area contributed by atoms with Crippen molar-refractivity contribution in [2.75, 3.05) is 6.54 Å². The highest BCUT2D eigenvalue weighted by Gasteiger charge is 2.33. The zero-order chi connectivity index (χ0) is 15.0. The third-order valence-electron chi connectivity index (χ3n) is 2.12. The molecule has 0 unspecified atom stereocenters. The van der Waals surface area contributed by atoms with Crippen LogP contribution in [0.5, 0.6) is 0 Å². The fraction of sp³-hybridized carbons (Fsp3) is 0.400. The first-order chi connectivity index (χ1) is 8.59. The zero-order valence-electron chi connectivity index (χ0n) is 9.90.